The predicted octanol–water partition coefficient (Wildman–Crippen LogP) is 1.98. The average molecular weight is 407 g/mol. The SMILES string of the molecule is Cc1ccc([Se]C(=O)c2[se]ccc2Br)cc1. The topological polar surface area (TPSA) is 17.1 Å². The molecule has 0 unspecified atom stereocenters. The van der Waals surface area contributed by atoms with Gasteiger partial charge >= 0.3 is 116 Å². The Hall–Kier alpha value is -0.111. The van der Waals surface area contributed by atoms with Crippen LogP contribution in [-0.2, 0) is 0 Å². The van der Waals surface area contributed by atoms with Gasteiger partial charge in [-0.25, -0.2) is 0 Å². The first-order valence-electron chi connectivity index (χ1n) is 4.68. The molecule has 0 aliphatic heterocycles. The zero-order valence-electron chi connectivity index (χ0n) is 8.57. The summed E-state index contributed by atoms with van der Waals surface area (Å²) in [6.07, 6.45) is 0. The Morgan fingerprint density at radius 3 is 2.50 bits per heavy atom. The molecule has 1 aromatic carbocycles. The van der Waals surface area contributed by atoms with Gasteiger partial charge in [0.25, 0.3) is 0 Å². The summed E-state index contributed by atoms with van der Waals surface area (Å²) >= 11 is 3.56. The summed E-state index contributed by atoms with van der Waals surface area (Å²) in [4.78, 5) is 14.1. The Morgan fingerprint density at radius 2 is 1.94 bits per heavy atom. The first kappa shape index (κ1) is 12.3. The van der Waals surface area contributed by atoms with Gasteiger partial charge in [-0.2, -0.15) is 0 Å². The van der Waals surface area contributed by atoms with Crippen LogP contribution in [0.5, 0.6) is 0 Å². The molecule has 82 valence electrons. The minimum absolute atomic E-state index is 0.0875. The Kier molecular flexibility index (Phi) is 4.23. The van der Waals surface area contributed by atoms with Gasteiger partial charge in [-0.05, 0) is 0 Å². The molecule has 0 aliphatic carbocycles. The number of rotatable bonds is 3. The number of hydrogen-bond acceptors (Lipinski definition) is 1. The number of halogens is 1. The van der Waals surface area contributed by atoms with Gasteiger partial charge in [0.15, 0.2) is 0 Å². The van der Waals surface area contributed by atoms with Crippen LogP contribution in [0.15, 0.2) is 39.7 Å². The fourth-order valence-electron chi connectivity index (χ4n) is 1.20. The summed E-state index contributed by atoms with van der Waals surface area (Å²) in [5.74, 6) is 0. The van der Waals surface area contributed by atoms with Crippen LogP contribution in [-0.4, -0.2) is 34.1 Å². The molecular formula is C12H9BrOSe2. The second-order valence-electron chi connectivity index (χ2n) is 3.30. The summed E-state index contributed by atoms with van der Waals surface area (Å²) in [6.45, 7) is 2.06. The molecule has 1 heterocycles. The molecule has 0 N–H and O–H groups in total. The van der Waals surface area contributed by atoms with Gasteiger partial charge < -0.3 is 0 Å². The molecule has 4 heteroatoms. The van der Waals surface area contributed by atoms with E-state index in [4.69, 9.17) is 0 Å². The molecule has 2 rings (SSSR count). The van der Waals surface area contributed by atoms with E-state index in [0.717, 1.165) is 13.4 Å². The van der Waals surface area contributed by atoms with Crippen molar-refractivity contribution in [1.29, 1.82) is 0 Å². The van der Waals surface area contributed by atoms with Crippen molar-refractivity contribution in [2.45, 2.75) is 6.92 Å². The Bertz CT molecular complexity index is 502. The van der Waals surface area contributed by atoms with Crippen molar-refractivity contribution in [2.24, 2.45) is 0 Å². The zero-order valence-corrected chi connectivity index (χ0v) is 13.6. The van der Waals surface area contributed by atoms with Crippen LogP contribution in [0.3, 0.4) is 0 Å². The van der Waals surface area contributed by atoms with Crippen LogP contribution < -0.4 is 4.46 Å². The van der Waals surface area contributed by atoms with Gasteiger partial charge in [-0.1, -0.05) is 0 Å². The second kappa shape index (κ2) is 5.48. The van der Waals surface area contributed by atoms with Crippen LogP contribution in [0.2, 0.25) is 0 Å². The molecule has 0 bridgehead atoms. The van der Waals surface area contributed by atoms with Crippen molar-refractivity contribution >= 4 is 54.5 Å². The quantitative estimate of drug-likeness (QED) is 0.712. The number of carbonyl (C=O) groups excluding carboxylic acids is 1. The van der Waals surface area contributed by atoms with Crippen LogP contribution in [0.4, 0.5) is 0 Å². The maximum absolute atomic E-state index is 12.0. The zero-order chi connectivity index (χ0) is 11.5. The third-order valence-corrected chi connectivity index (χ3v) is 7.74. The van der Waals surface area contributed by atoms with E-state index in [1.54, 1.807) is 0 Å². The normalized spacial score (nSPS) is 10.4. The summed E-state index contributed by atoms with van der Waals surface area (Å²) in [7, 11) is 0. The van der Waals surface area contributed by atoms with Crippen LogP contribution in [0, 0.1) is 6.92 Å². The second-order valence-corrected chi connectivity index (χ2v) is 8.27. The first-order chi connectivity index (χ1) is 7.66. The van der Waals surface area contributed by atoms with Crippen molar-refractivity contribution in [3.05, 3.63) is 49.7 Å². The van der Waals surface area contributed by atoms with Crippen molar-refractivity contribution in [1.82, 2.24) is 0 Å². The molecule has 2 aromatic rings. The van der Waals surface area contributed by atoms with Crippen molar-refractivity contribution < 1.29 is 4.79 Å². The third kappa shape index (κ3) is 2.97. The molecule has 0 saturated heterocycles. The van der Waals surface area contributed by atoms with Crippen LogP contribution in [0.25, 0.3) is 0 Å². The van der Waals surface area contributed by atoms with Crippen LogP contribution in [0.1, 0.15) is 14.8 Å². The van der Waals surface area contributed by atoms with E-state index < -0.39 is 0 Å². The fourth-order valence-corrected chi connectivity index (χ4v) is 6.40. The maximum atomic E-state index is 12.0. The fraction of sp³-hybridized carbons (Fsp3) is 0.0833. The Morgan fingerprint density at radius 1 is 1.25 bits per heavy atom. The van der Waals surface area contributed by atoms with E-state index in [1.165, 1.54) is 5.56 Å². The molecule has 0 saturated carbocycles. The van der Waals surface area contributed by atoms with E-state index >= 15 is 0 Å². The van der Waals surface area contributed by atoms with Gasteiger partial charge in [0.05, 0.1) is 0 Å². The van der Waals surface area contributed by atoms with Crippen LogP contribution >= 0.6 is 15.9 Å². The van der Waals surface area contributed by atoms with Crippen molar-refractivity contribution in [3.8, 4) is 0 Å². The molecule has 1 nitrogen and oxygen atoms in total. The first-order valence-corrected chi connectivity index (χ1v) is 9.04. The van der Waals surface area contributed by atoms with Gasteiger partial charge in [-0.3, -0.25) is 0 Å². The standard InChI is InChI=1S/C12H9BrOSe2/c1-8-2-4-9(5-3-8)16-12(14)11-10(13)6-7-15-11/h2-7H,1H3. The van der Waals surface area contributed by atoms with Gasteiger partial charge in [0.2, 0.25) is 0 Å². The number of carbonyl (C=O) groups is 1. The predicted molar refractivity (Wildman–Crippen MR) is 72.0 cm³/mol. The molecule has 1 aromatic heterocycles. The van der Waals surface area contributed by atoms with Crippen molar-refractivity contribution in [3.63, 3.8) is 0 Å². The minimum atomic E-state index is -0.0875. The van der Waals surface area contributed by atoms with Crippen molar-refractivity contribution in [2.75, 3.05) is 0 Å². The number of hydrogen-bond donors (Lipinski definition) is 0. The summed E-state index contributed by atoms with van der Waals surface area (Å²) in [5, 5.41) is 0. The molecule has 0 radical (unpaired) electrons. The van der Waals surface area contributed by atoms with E-state index in [-0.39, 0.29) is 29.5 Å². The molecule has 16 heavy (non-hydrogen) atoms. The van der Waals surface area contributed by atoms with Gasteiger partial charge in [-0.15, -0.1) is 0 Å². The van der Waals surface area contributed by atoms with E-state index in [9.17, 15) is 4.79 Å². The van der Waals surface area contributed by atoms with Gasteiger partial charge in [0.1, 0.15) is 0 Å². The molecule has 0 aliphatic rings. The Labute approximate surface area is 115 Å². The number of aryl methyl sites for hydroxylation is 1. The third-order valence-electron chi connectivity index (χ3n) is 2.03. The number of benzene rings is 1. The monoisotopic (exact) mass is 408 g/mol. The molecule has 0 amide bonds. The Balaban J connectivity index is 2.14. The van der Waals surface area contributed by atoms with E-state index in [0.29, 0.717) is 4.68 Å². The van der Waals surface area contributed by atoms with E-state index in [2.05, 4.69) is 52.1 Å². The molecular weight excluding hydrogens is 398 g/mol. The van der Waals surface area contributed by atoms with E-state index in [1.807, 2.05) is 6.07 Å². The molecule has 0 fully saturated rings. The van der Waals surface area contributed by atoms with Gasteiger partial charge in [0, 0.05) is 0 Å². The summed E-state index contributed by atoms with van der Waals surface area (Å²) < 4.78 is 3.41. The average Bonchev–Trinajstić information content (AvgIpc) is 2.68. The molecule has 0 spiro atoms. The molecule has 0 atom stereocenters. The summed E-state index contributed by atoms with van der Waals surface area (Å²) in [6, 6.07) is 10.2. The summed E-state index contributed by atoms with van der Waals surface area (Å²) in [5.41, 5.74) is 1.24.